The highest BCUT2D eigenvalue weighted by Crippen LogP contribution is 2.29. The molecule has 0 saturated heterocycles. The van der Waals surface area contributed by atoms with Crippen molar-refractivity contribution in [1.29, 1.82) is 0 Å². The highest BCUT2D eigenvalue weighted by molar-refractivity contribution is 5.98. The molecule has 0 aliphatic carbocycles. The summed E-state index contributed by atoms with van der Waals surface area (Å²) in [5.74, 6) is 0.0267. The van der Waals surface area contributed by atoms with Crippen LogP contribution in [0.1, 0.15) is 22.8 Å². The average Bonchev–Trinajstić information content (AvgIpc) is 2.61. The minimum absolute atomic E-state index is 0.393. The summed E-state index contributed by atoms with van der Waals surface area (Å²) in [6.07, 6.45) is -0.968. The van der Waals surface area contributed by atoms with Crippen LogP contribution in [-0.4, -0.2) is 32.2 Å². The van der Waals surface area contributed by atoms with Gasteiger partial charge >= 0.3 is 5.97 Å². The van der Waals surface area contributed by atoms with Crippen LogP contribution < -0.4 is 14.8 Å². The zero-order valence-corrected chi connectivity index (χ0v) is 14.7. The fraction of sp³-hybridized carbons (Fsp3) is 0.263. The van der Waals surface area contributed by atoms with Gasteiger partial charge in [-0.3, -0.25) is 4.79 Å². The zero-order valence-electron chi connectivity index (χ0n) is 14.7. The number of methoxy groups -OCH3 is 2. The molecule has 2 aromatic rings. The minimum Gasteiger partial charge on any atom is -0.497 e. The first kappa shape index (κ1) is 18.3. The Morgan fingerprint density at radius 2 is 1.68 bits per heavy atom. The normalized spacial score (nSPS) is 11.4. The molecule has 1 unspecified atom stereocenters. The molecule has 0 aromatic heterocycles. The first-order chi connectivity index (χ1) is 11.9. The second-order valence-electron chi connectivity index (χ2n) is 5.47. The van der Waals surface area contributed by atoms with E-state index in [1.807, 2.05) is 19.1 Å². The maximum absolute atomic E-state index is 12.3. The summed E-state index contributed by atoms with van der Waals surface area (Å²) in [4.78, 5) is 24.4. The summed E-state index contributed by atoms with van der Waals surface area (Å²) in [6, 6.07) is 12.0. The maximum Gasteiger partial charge on any atom is 0.338 e. The molecule has 0 heterocycles. The van der Waals surface area contributed by atoms with E-state index in [1.54, 1.807) is 30.3 Å². The van der Waals surface area contributed by atoms with E-state index >= 15 is 0 Å². The van der Waals surface area contributed by atoms with Crippen molar-refractivity contribution in [2.24, 2.45) is 0 Å². The van der Waals surface area contributed by atoms with Gasteiger partial charge in [-0.25, -0.2) is 4.79 Å². The topological polar surface area (TPSA) is 73.9 Å². The van der Waals surface area contributed by atoms with Gasteiger partial charge in [0, 0.05) is 6.07 Å². The van der Waals surface area contributed by atoms with Crippen molar-refractivity contribution in [2.75, 3.05) is 19.5 Å². The molecule has 0 fully saturated rings. The maximum atomic E-state index is 12.3. The lowest BCUT2D eigenvalue weighted by atomic mass is 10.1. The Hall–Kier alpha value is -3.02. The molecule has 0 saturated carbocycles. The molecule has 0 bridgehead atoms. The van der Waals surface area contributed by atoms with Gasteiger partial charge in [-0.2, -0.15) is 0 Å². The third-order valence-corrected chi connectivity index (χ3v) is 3.60. The van der Waals surface area contributed by atoms with Crippen molar-refractivity contribution < 1.29 is 23.8 Å². The molecule has 0 spiro atoms. The van der Waals surface area contributed by atoms with Crippen LogP contribution in [0, 0.1) is 6.92 Å². The standard InChI is InChI=1S/C19H21NO5/c1-12-5-7-14(8-6-12)19(22)25-13(2)18(21)20-16-11-15(23-3)9-10-17(16)24-4/h5-11,13H,1-4H3,(H,20,21). The fourth-order valence-corrected chi connectivity index (χ4v) is 2.12. The molecule has 2 aromatic carbocycles. The van der Waals surface area contributed by atoms with Crippen LogP contribution in [0.5, 0.6) is 11.5 Å². The average molecular weight is 343 g/mol. The molecule has 132 valence electrons. The Bertz CT molecular complexity index is 755. The van der Waals surface area contributed by atoms with Crippen molar-refractivity contribution >= 4 is 17.6 Å². The number of hydrogen-bond donors (Lipinski definition) is 1. The number of carbonyl (C=O) groups excluding carboxylic acids is 2. The lowest BCUT2D eigenvalue weighted by Crippen LogP contribution is -2.30. The summed E-state index contributed by atoms with van der Waals surface area (Å²) < 4.78 is 15.6. The molecule has 6 nitrogen and oxygen atoms in total. The Morgan fingerprint density at radius 3 is 2.28 bits per heavy atom. The van der Waals surface area contributed by atoms with E-state index in [-0.39, 0.29) is 0 Å². The van der Waals surface area contributed by atoms with Gasteiger partial charge in [-0.15, -0.1) is 0 Å². The molecule has 6 heteroatoms. The van der Waals surface area contributed by atoms with Gasteiger partial charge in [0.05, 0.1) is 25.5 Å². The van der Waals surface area contributed by atoms with Crippen molar-refractivity contribution in [3.8, 4) is 11.5 Å². The third kappa shape index (κ3) is 4.73. The summed E-state index contributed by atoms with van der Waals surface area (Å²) in [6.45, 7) is 3.43. The number of benzene rings is 2. The second kappa shape index (κ2) is 8.19. The Kier molecular flexibility index (Phi) is 6.00. The third-order valence-electron chi connectivity index (χ3n) is 3.60. The monoisotopic (exact) mass is 343 g/mol. The van der Waals surface area contributed by atoms with Crippen LogP contribution in [0.3, 0.4) is 0 Å². The Labute approximate surface area is 146 Å². The van der Waals surface area contributed by atoms with Crippen molar-refractivity contribution in [3.63, 3.8) is 0 Å². The molecule has 0 radical (unpaired) electrons. The van der Waals surface area contributed by atoms with E-state index in [0.29, 0.717) is 22.7 Å². The van der Waals surface area contributed by atoms with Crippen molar-refractivity contribution in [2.45, 2.75) is 20.0 Å². The highest BCUT2D eigenvalue weighted by atomic mass is 16.5. The number of aryl methyl sites for hydroxylation is 1. The molecule has 1 amide bonds. The molecule has 1 atom stereocenters. The first-order valence-corrected chi connectivity index (χ1v) is 7.75. The van der Waals surface area contributed by atoms with E-state index in [9.17, 15) is 9.59 Å². The van der Waals surface area contributed by atoms with Crippen LogP contribution in [0.25, 0.3) is 0 Å². The number of amides is 1. The number of nitrogens with one attached hydrogen (secondary N) is 1. The number of rotatable bonds is 6. The van der Waals surface area contributed by atoms with Crippen LogP contribution >= 0.6 is 0 Å². The van der Waals surface area contributed by atoms with Crippen LogP contribution in [-0.2, 0) is 9.53 Å². The number of hydrogen-bond acceptors (Lipinski definition) is 5. The molecule has 1 N–H and O–H groups in total. The van der Waals surface area contributed by atoms with E-state index in [1.165, 1.54) is 21.1 Å². The number of anilines is 1. The Balaban J connectivity index is 2.05. The van der Waals surface area contributed by atoms with Gasteiger partial charge in [-0.1, -0.05) is 17.7 Å². The zero-order chi connectivity index (χ0) is 18.4. The van der Waals surface area contributed by atoms with Gasteiger partial charge < -0.3 is 19.5 Å². The molecule has 0 aliphatic heterocycles. The van der Waals surface area contributed by atoms with E-state index in [2.05, 4.69) is 5.32 Å². The van der Waals surface area contributed by atoms with Gasteiger partial charge in [-0.05, 0) is 38.1 Å². The summed E-state index contributed by atoms with van der Waals surface area (Å²) in [5, 5.41) is 2.68. The number of ether oxygens (including phenoxy) is 3. The molecule has 25 heavy (non-hydrogen) atoms. The molecule has 0 aliphatic rings. The lowest BCUT2D eigenvalue weighted by Gasteiger charge is -2.16. The number of esters is 1. The van der Waals surface area contributed by atoms with Gasteiger partial charge in [0.2, 0.25) is 0 Å². The fourth-order valence-electron chi connectivity index (χ4n) is 2.12. The lowest BCUT2D eigenvalue weighted by molar-refractivity contribution is -0.123. The quantitative estimate of drug-likeness (QED) is 0.816. The second-order valence-corrected chi connectivity index (χ2v) is 5.47. The predicted octanol–water partition coefficient (Wildman–Crippen LogP) is 3.20. The van der Waals surface area contributed by atoms with Crippen LogP contribution in [0.15, 0.2) is 42.5 Å². The minimum atomic E-state index is -0.968. The van der Waals surface area contributed by atoms with E-state index < -0.39 is 18.0 Å². The van der Waals surface area contributed by atoms with Gasteiger partial charge in [0.25, 0.3) is 5.91 Å². The Morgan fingerprint density at radius 1 is 1.00 bits per heavy atom. The molecular weight excluding hydrogens is 322 g/mol. The van der Waals surface area contributed by atoms with Gasteiger partial charge in [0.1, 0.15) is 11.5 Å². The van der Waals surface area contributed by atoms with Crippen LogP contribution in [0.2, 0.25) is 0 Å². The van der Waals surface area contributed by atoms with E-state index in [4.69, 9.17) is 14.2 Å². The van der Waals surface area contributed by atoms with Gasteiger partial charge in [0.15, 0.2) is 6.10 Å². The molecular formula is C19H21NO5. The van der Waals surface area contributed by atoms with Crippen LogP contribution in [0.4, 0.5) is 5.69 Å². The summed E-state index contributed by atoms with van der Waals surface area (Å²) >= 11 is 0. The largest absolute Gasteiger partial charge is 0.497 e. The van der Waals surface area contributed by atoms with Crippen molar-refractivity contribution in [1.82, 2.24) is 0 Å². The summed E-state index contributed by atoms with van der Waals surface area (Å²) in [5.41, 5.74) is 1.86. The van der Waals surface area contributed by atoms with Crippen molar-refractivity contribution in [3.05, 3.63) is 53.6 Å². The summed E-state index contributed by atoms with van der Waals surface area (Å²) in [7, 11) is 3.03. The smallest absolute Gasteiger partial charge is 0.338 e. The predicted molar refractivity (Wildman–Crippen MR) is 94.2 cm³/mol. The highest BCUT2D eigenvalue weighted by Gasteiger charge is 2.20. The number of carbonyl (C=O) groups is 2. The van der Waals surface area contributed by atoms with E-state index in [0.717, 1.165) is 5.56 Å². The molecule has 2 rings (SSSR count). The SMILES string of the molecule is COc1ccc(OC)c(NC(=O)C(C)OC(=O)c2ccc(C)cc2)c1. The first-order valence-electron chi connectivity index (χ1n) is 7.75.